The minimum Gasteiger partial charge on any atom is -0.390 e. The molecule has 9 heteroatoms. The average Bonchev–Trinajstić information content (AvgIpc) is 2.91. The van der Waals surface area contributed by atoms with Gasteiger partial charge in [-0.25, -0.2) is 8.42 Å². The first-order chi connectivity index (χ1) is 9.10. The standard InChI is InChI=1S/C10H12N4O3S2/c15-5-8-3-9(4-14(8)7-1-2-7)19(16,17)13-10-12-11-6-18-10/h3-4,6-7,15H,1-2,5H2,(H,12,13). The summed E-state index contributed by atoms with van der Waals surface area (Å²) in [6.45, 7) is -0.176. The number of hydrogen-bond donors (Lipinski definition) is 2. The van der Waals surface area contributed by atoms with E-state index in [2.05, 4.69) is 14.9 Å². The third-order valence-electron chi connectivity index (χ3n) is 2.90. The molecule has 1 saturated carbocycles. The zero-order valence-corrected chi connectivity index (χ0v) is 11.5. The molecule has 0 saturated heterocycles. The minimum atomic E-state index is -3.67. The van der Waals surface area contributed by atoms with E-state index in [1.807, 2.05) is 4.57 Å². The van der Waals surface area contributed by atoms with Crippen molar-refractivity contribution >= 4 is 26.5 Å². The van der Waals surface area contributed by atoms with Gasteiger partial charge in [-0.1, -0.05) is 11.3 Å². The highest BCUT2D eigenvalue weighted by molar-refractivity contribution is 7.93. The number of hydrogen-bond acceptors (Lipinski definition) is 6. The Bertz CT molecular complexity index is 674. The molecule has 0 amide bonds. The fraction of sp³-hybridized carbons (Fsp3) is 0.400. The van der Waals surface area contributed by atoms with Crippen LogP contribution in [0.25, 0.3) is 0 Å². The molecule has 2 N–H and O–H groups in total. The molecule has 0 aromatic carbocycles. The van der Waals surface area contributed by atoms with Crippen molar-refractivity contribution in [3.63, 3.8) is 0 Å². The first-order valence-electron chi connectivity index (χ1n) is 5.71. The van der Waals surface area contributed by atoms with Gasteiger partial charge >= 0.3 is 0 Å². The van der Waals surface area contributed by atoms with E-state index in [4.69, 9.17) is 0 Å². The number of nitrogens with zero attached hydrogens (tertiary/aromatic N) is 3. The van der Waals surface area contributed by atoms with Crippen molar-refractivity contribution in [1.29, 1.82) is 0 Å². The summed E-state index contributed by atoms with van der Waals surface area (Å²) in [5.41, 5.74) is 2.06. The van der Waals surface area contributed by atoms with Gasteiger partial charge in [0.15, 0.2) is 0 Å². The lowest BCUT2D eigenvalue weighted by Gasteiger charge is -2.03. The summed E-state index contributed by atoms with van der Waals surface area (Å²) in [5, 5.41) is 16.7. The van der Waals surface area contributed by atoms with E-state index < -0.39 is 10.0 Å². The molecule has 2 heterocycles. The molecule has 0 radical (unpaired) electrons. The van der Waals surface area contributed by atoms with Crippen molar-refractivity contribution in [2.24, 2.45) is 0 Å². The molecule has 2 aromatic heterocycles. The lowest BCUT2D eigenvalue weighted by Crippen LogP contribution is -2.12. The van der Waals surface area contributed by atoms with Crippen molar-refractivity contribution < 1.29 is 13.5 Å². The highest BCUT2D eigenvalue weighted by atomic mass is 32.2. The highest BCUT2D eigenvalue weighted by Gasteiger charge is 2.28. The Morgan fingerprint density at radius 1 is 1.53 bits per heavy atom. The maximum Gasteiger partial charge on any atom is 0.265 e. The molecule has 3 rings (SSSR count). The first kappa shape index (κ1) is 12.6. The van der Waals surface area contributed by atoms with Crippen molar-refractivity contribution in [2.75, 3.05) is 4.72 Å². The molecular weight excluding hydrogens is 288 g/mol. The van der Waals surface area contributed by atoms with Crippen LogP contribution in [0.2, 0.25) is 0 Å². The van der Waals surface area contributed by atoms with Gasteiger partial charge in [0.05, 0.1) is 6.61 Å². The largest absolute Gasteiger partial charge is 0.390 e. The Morgan fingerprint density at radius 2 is 2.32 bits per heavy atom. The van der Waals surface area contributed by atoms with Crippen LogP contribution in [0.3, 0.4) is 0 Å². The van der Waals surface area contributed by atoms with Crippen molar-refractivity contribution in [3.8, 4) is 0 Å². The number of nitrogens with one attached hydrogen (secondary N) is 1. The predicted octanol–water partition coefficient (Wildman–Crippen LogP) is 0.968. The molecule has 0 unspecified atom stereocenters. The summed E-state index contributed by atoms with van der Waals surface area (Å²) < 4.78 is 28.5. The normalized spacial score (nSPS) is 15.6. The van der Waals surface area contributed by atoms with Gasteiger partial charge < -0.3 is 9.67 Å². The van der Waals surface area contributed by atoms with Crippen LogP contribution in [0.15, 0.2) is 22.7 Å². The molecule has 102 valence electrons. The topological polar surface area (TPSA) is 97.1 Å². The van der Waals surface area contributed by atoms with Gasteiger partial charge in [-0.3, -0.25) is 4.72 Å². The summed E-state index contributed by atoms with van der Waals surface area (Å²) in [5.74, 6) is 0. The second-order valence-electron chi connectivity index (χ2n) is 4.31. The Morgan fingerprint density at radius 3 is 2.89 bits per heavy atom. The molecule has 19 heavy (non-hydrogen) atoms. The number of anilines is 1. The maximum absolute atomic E-state index is 12.2. The molecule has 0 spiro atoms. The lowest BCUT2D eigenvalue weighted by molar-refractivity contribution is 0.270. The molecule has 1 aliphatic rings. The van der Waals surface area contributed by atoms with Crippen LogP contribution in [0.4, 0.5) is 5.13 Å². The second-order valence-corrected chi connectivity index (χ2v) is 6.83. The summed E-state index contributed by atoms with van der Waals surface area (Å²) in [6.07, 6.45) is 3.60. The Hall–Kier alpha value is -1.45. The smallest absolute Gasteiger partial charge is 0.265 e. The molecule has 1 aliphatic carbocycles. The van der Waals surface area contributed by atoms with Crippen LogP contribution in [0.5, 0.6) is 0 Å². The van der Waals surface area contributed by atoms with Gasteiger partial charge in [0, 0.05) is 17.9 Å². The Labute approximate surface area is 114 Å². The molecular formula is C10H12N4O3S2. The summed E-state index contributed by atoms with van der Waals surface area (Å²) in [6, 6.07) is 1.80. The lowest BCUT2D eigenvalue weighted by atomic mass is 10.4. The molecule has 1 fully saturated rings. The van der Waals surface area contributed by atoms with Gasteiger partial charge in [0.1, 0.15) is 10.4 Å². The van der Waals surface area contributed by atoms with Gasteiger partial charge in [-0.05, 0) is 18.9 Å². The van der Waals surface area contributed by atoms with E-state index in [0.29, 0.717) is 11.7 Å². The molecule has 0 atom stereocenters. The van der Waals surface area contributed by atoms with E-state index in [-0.39, 0.29) is 16.6 Å². The Balaban J connectivity index is 1.92. The van der Waals surface area contributed by atoms with Crippen molar-refractivity contribution in [3.05, 3.63) is 23.5 Å². The van der Waals surface area contributed by atoms with Crippen LogP contribution in [0, 0.1) is 0 Å². The van der Waals surface area contributed by atoms with Crippen LogP contribution in [-0.2, 0) is 16.6 Å². The number of aliphatic hydroxyl groups is 1. The average molecular weight is 300 g/mol. The minimum absolute atomic E-state index is 0.138. The van der Waals surface area contributed by atoms with E-state index in [1.54, 1.807) is 6.20 Å². The third-order valence-corrected chi connectivity index (χ3v) is 4.94. The van der Waals surface area contributed by atoms with Crippen molar-refractivity contribution in [1.82, 2.24) is 14.8 Å². The zero-order valence-electron chi connectivity index (χ0n) is 9.85. The number of aromatic nitrogens is 3. The quantitative estimate of drug-likeness (QED) is 0.857. The Kier molecular flexibility index (Phi) is 3.03. The molecule has 0 bridgehead atoms. The van der Waals surface area contributed by atoms with Crippen molar-refractivity contribution in [2.45, 2.75) is 30.4 Å². The van der Waals surface area contributed by atoms with Crippen LogP contribution >= 0.6 is 11.3 Å². The molecule has 0 aliphatic heterocycles. The van der Waals surface area contributed by atoms with E-state index in [9.17, 15) is 13.5 Å². The maximum atomic E-state index is 12.2. The number of rotatable bonds is 5. The van der Waals surface area contributed by atoms with Crippen LogP contribution in [-0.4, -0.2) is 28.3 Å². The number of sulfonamides is 1. The van der Waals surface area contributed by atoms with E-state index >= 15 is 0 Å². The fourth-order valence-electron chi connectivity index (χ4n) is 1.85. The number of aliphatic hydroxyl groups excluding tert-OH is 1. The first-order valence-corrected chi connectivity index (χ1v) is 8.07. The van der Waals surface area contributed by atoms with Gasteiger partial charge in [0.2, 0.25) is 5.13 Å². The summed E-state index contributed by atoms with van der Waals surface area (Å²) in [4.78, 5) is 0.138. The van der Waals surface area contributed by atoms with Crippen LogP contribution in [0.1, 0.15) is 24.6 Å². The van der Waals surface area contributed by atoms with Crippen LogP contribution < -0.4 is 4.72 Å². The van der Waals surface area contributed by atoms with Gasteiger partial charge in [-0.2, -0.15) is 0 Å². The monoisotopic (exact) mass is 300 g/mol. The van der Waals surface area contributed by atoms with Gasteiger partial charge in [-0.15, -0.1) is 10.2 Å². The summed E-state index contributed by atoms with van der Waals surface area (Å²) >= 11 is 1.11. The molecule has 7 nitrogen and oxygen atoms in total. The van der Waals surface area contributed by atoms with Gasteiger partial charge in [0.25, 0.3) is 10.0 Å². The van der Waals surface area contributed by atoms with E-state index in [1.165, 1.54) is 11.6 Å². The zero-order chi connectivity index (χ0) is 13.5. The fourth-order valence-corrected chi connectivity index (χ4v) is 3.60. The SMILES string of the molecule is O=S(=O)(Nc1nncs1)c1cc(CO)n(C2CC2)c1. The second kappa shape index (κ2) is 4.58. The molecule has 2 aromatic rings. The predicted molar refractivity (Wildman–Crippen MR) is 69.3 cm³/mol. The summed E-state index contributed by atoms with van der Waals surface area (Å²) in [7, 11) is -3.67. The highest BCUT2D eigenvalue weighted by Crippen LogP contribution is 2.37. The van der Waals surface area contributed by atoms with E-state index in [0.717, 1.165) is 24.2 Å². The third kappa shape index (κ3) is 2.48.